The van der Waals surface area contributed by atoms with Crippen molar-refractivity contribution in [1.29, 1.82) is 0 Å². The van der Waals surface area contributed by atoms with Crippen molar-refractivity contribution in [2.45, 2.75) is 26.3 Å². The molecule has 3 rings (SSSR count). The molecule has 5 heteroatoms. The Labute approximate surface area is 131 Å². The standard InChI is InChI=1S/C17H24N4O/c1-4-9-18-14-11-21(10-12(14)2)17(22)16-13-7-5-6-8-15(13)20(3)19-16/h5-8,12,14,18H,4,9-11H2,1-3H3/t12-,14+/m1/s1. The molecular weight excluding hydrogens is 276 g/mol. The summed E-state index contributed by atoms with van der Waals surface area (Å²) in [7, 11) is 1.89. The molecule has 5 nitrogen and oxygen atoms in total. The molecule has 0 bridgehead atoms. The summed E-state index contributed by atoms with van der Waals surface area (Å²) >= 11 is 0. The smallest absolute Gasteiger partial charge is 0.275 e. The van der Waals surface area contributed by atoms with Crippen LogP contribution in [0.4, 0.5) is 0 Å². The summed E-state index contributed by atoms with van der Waals surface area (Å²) in [6, 6.07) is 8.29. The minimum Gasteiger partial charge on any atom is -0.335 e. The van der Waals surface area contributed by atoms with E-state index in [9.17, 15) is 4.79 Å². The zero-order valence-corrected chi connectivity index (χ0v) is 13.5. The Kier molecular flexibility index (Phi) is 4.16. The molecule has 1 aliphatic heterocycles. The van der Waals surface area contributed by atoms with Gasteiger partial charge in [-0.15, -0.1) is 0 Å². The van der Waals surface area contributed by atoms with Gasteiger partial charge in [0.2, 0.25) is 0 Å². The maximum Gasteiger partial charge on any atom is 0.275 e. The summed E-state index contributed by atoms with van der Waals surface area (Å²) in [6.07, 6.45) is 1.11. The number of hydrogen-bond donors (Lipinski definition) is 1. The Morgan fingerprint density at radius 3 is 2.91 bits per heavy atom. The van der Waals surface area contributed by atoms with Crippen molar-refractivity contribution in [3.05, 3.63) is 30.0 Å². The number of amides is 1. The van der Waals surface area contributed by atoms with Crippen molar-refractivity contribution >= 4 is 16.8 Å². The number of nitrogens with one attached hydrogen (secondary N) is 1. The molecular formula is C17H24N4O. The van der Waals surface area contributed by atoms with Crippen molar-refractivity contribution < 1.29 is 4.79 Å². The van der Waals surface area contributed by atoms with E-state index in [0.29, 0.717) is 17.7 Å². The molecule has 0 saturated carbocycles. The molecule has 1 aromatic heterocycles. The summed E-state index contributed by atoms with van der Waals surface area (Å²) in [5, 5.41) is 8.93. The fourth-order valence-corrected chi connectivity index (χ4v) is 3.25. The van der Waals surface area contributed by atoms with Gasteiger partial charge in [-0.3, -0.25) is 9.48 Å². The minimum atomic E-state index is 0.0458. The largest absolute Gasteiger partial charge is 0.335 e. The third kappa shape index (κ3) is 2.61. The van der Waals surface area contributed by atoms with Crippen LogP contribution < -0.4 is 5.32 Å². The van der Waals surface area contributed by atoms with Crippen LogP contribution in [0.25, 0.3) is 10.9 Å². The molecule has 1 N–H and O–H groups in total. The first-order valence-electron chi connectivity index (χ1n) is 8.06. The Morgan fingerprint density at radius 2 is 2.14 bits per heavy atom. The minimum absolute atomic E-state index is 0.0458. The lowest BCUT2D eigenvalue weighted by Crippen LogP contribution is -2.37. The van der Waals surface area contributed by atoms with Crippen molar-refractivity contribution in [3.63, 3.8) is 0 Å². The fourth-order valence-electron chi connectivity index (χ4n) is 3.25. The Hall–Kier alpha value is -1.88. The number of para-hydroxylation sites is 1. The van der Waals surface area contributed by atoms with E-state index in [1.54, 1.807) is 4.68 Å². The van der Waals surface area contributed by atoms with Gasteiger partial charge in [-0.2, -0.15) is 5.10 Å². The number of aryl methyl sites for hydroxylation is 1. The van der Waals surface area contributed by atoms with Gasteiger partial charge >= 0.3 is 0 Å². The summed E-state index contributed by atoms with van der Waals surface area (Å²) in [4.78, 5) is 14.8. The van der Waals surface area contributed by atoms with Gasteiger partial charge in [-0.1, -0.05) is 32.0 Å². The lowest BCUT2D eigenvalue weighted by molar-refractivity contribution is 0.0781. The summed E-state index contributed by atoms with van der Waals surface area (Å²) < 4.78 is 1.79. The van der Waals surface area contributed by atoms with Crippen molar-refractivity contribution in [3.8, 4) is 0 Å². The molecule has 0 spiro atoms. The predicted molar refractivity (Wildman–Crippen MR) is 87.9 cm³/mol. The van der Waals surface area contributed by atoms with Gasteiger partial charge in [0.05, 0.1) is 5.52 Å². The van der Waals surface area contributed by atoms with Crippen molar-refractivity contribution in [1.82, 2.24) is 20.0 Å². The van der Waals surface area contributed by atoms with Crippen molar-refractivity contribution in [2.75, 3.05) is 19.6 Å². The lowest BCUT2D eigenvalue weighted by Gasteiger charge is -2.16. The maximum absolute atomic E-state index is 12.9. The first-order valence-corrected chi connectivity index (χ1v) is 8.06. The first kappa shape index (κ1) is 15.0. The van der Waals surface area contributed by atoms with E-state index < -0.39 is 0 Å². The lowest BCUT2D eigenvalue weighted by atomic mass is 10.1. The van der Waals surface area contributed by atoms with Gasteiger partial charge in [0.25, 0.3) is 5.91 Å². The molecule has 1 aromatic carbocycles. The quantitative estimate of drug-likeness (QED) is 0.940. The van der Waals surface area contributed by atoms with Gasteiger partial charge in [-0.05, 0) is 24.9 Å². The molecule has 1 saturated heterocycles. The van der Waals surface area contributed by atoms with Crippen LogP contribution in [0, 0.1) is 5.92 Å². The Morgan fingerprint density at radius 1 is 1.36 bits per heavy atom. The second-order valence-corrected chi connectivity index (χ2v) is 6.24. The first-order chi connectivity index (χ1) is 10.6. The Balaban J connectivity index is 1.82. The van der Waals surface area contributed by atoms with E-state index in [2.05, 4.69) is 24.3 Å². The maximum atomic E-state index is 12.9. The number of carbonyl (C=O) groups excluding carboxylic acids is 1. The zero-order valence-electron chi connectivity index (χ0n) is 13.5. The number of fused-ring (bicyclic) bond motifs is 1. The van der Waals surface area contributed by atoms with E-state index in [1.807, 2.05) is 36.2 Å². The van der Waals surface area contributed by atoms with Crippen LogP contribution in [0.5, 0.6) is 0 Å². The molecule has 1 amide bonds. The van der Waals surface area contributed by atoms with Crippen LogP contribution in [0.3, 0.4) is 0 Å². The van der Waals surface area contributed by atoms with Gasteiger partial charge < -0.3 is 10.2 Å². The van der Waals surface area contributed by atoms with Crippen LogP contribution in [0.1, 0.15) is 30.8 Å². The number of benzene rings is 1. The summed E-state index contributed by atoms with van der Waals surface area (Å²) in [5.41, 5.74) is 1.57. The molecule has 2 atom stereocenters. The monoisotopic (exact) mass is 300 g/mol. The van der Waals surface area contributed by atoms with Crippen LogP contribution in [0.15, 0.2) is 24.3 Å². The average Bonchev–Trinajstić information content (AvgIpc) is 3.06. The Bertz CT molecular complexity index is 678. The molecule has 2 heterocycles. The third-order valence-corrected chi connectivity index (χ3v) is 4.52. The zero-order chi connectivity index (χ0) is 15.7. The van der Waals surface area contributed by atoms with Gasteiger partial charge in [0.1, 0.15) is 0 Å². The number of hydrogen-bond acceptors (Lipinski definition) is 3. The number of carbonyl (C=O) groups is 1. The van der Waals surface area contributed by atoms with E-state index in [1.165, 1.54) is 0 Å². The number of likely N-dealkylation sites (tertiary alicyclic amines) is 1. The third-order valence-electron chi connectivity index (χ3n) is 4.52. The molecule has 0 unspecified atom stereocenters. The molecule has 1 aliphatic rings. The highest BCUT2D eigenvalue weighted by atomic mass is 16.2. The van der Waals surface area contributed by atoms with E-state index in [4.69, 9.17) is 0 Å². The van der Waals surface area contributed by atoms with Gasteiger partial charge in [-0.25, -0.2) is 0 Å². The predicted octanol–water partition coefficient (Wildman–Crippen LogP) is 2.03. The molecule has 0 radical (unpaired) electrons. The van der Waals surface area contributed by atoms with Crippen LogP contribution >= 0.6 is 0 Å². The van der Waals surface area contributed by atoms with Gasteiger partial charge in [0.15, 0.2) is 5.69 Å². The SMILES string of the molecule is CCCN[C@H]1CN(C(=O)c2nn(C)c3ccccc23)C[C@H]1C. The normalized spacial score (nSPS) is 21.7. The highest BCUT2D eigenvalue weighted by Gasteiger charge is 2.33. The van der Waals surface area contributed by atoms with E-state index >= 15 is 0 Å². The molecule has 1 fully saturated rings. The molecule has 118 valence electrons. The average molecular weight is 300 g/mol. The van der Waals surface area contributed by atoms with E-state index in [-0.39, 0.29) is 5.91 Å². The second-order valence-electron chi connectivity index (χ2n) is 6.24. The number of rotatable bonds is 4. The number of aromatic nitrogens is 2. The fraction of sp³-hybridized carbons (Fsp3) is 0.529. The van der Waals surface area contributed by atoms with Crippen LogP contribution in [-0.2, 0) is 7.05 Å². The van der Waals surface area contributed by atoms with Crippen LogP contribution in [-0.4, -0.2) is 46.3 Å². The van der Waals surface area contributed by atoms with E-state index in [0.717, 1.165) is 37.0 Å². The topological polar surface area (TPSA) is 50.2 Å². The molecule has 22 heavy (non-hydrogen) atoms. The highest BCUT2D eigenvalue weighted by Crippen LogP contribution is 2.23. The van der Waals surface area contributed by atoms with Gasteiger partial charge in [0, 0.05) is 31.6 Å². The summed E-state index contributed by atoms with van der Waals surface area (Å²) in [5.74, 6) is 0.523. The van der Waals surface area contributed by atoms with Crippen LogP contribution in [0.2, 0.25) is 0 Å². The summed E-state index contributed by atoms with van der Waals surface area (Å²) in [6.45, 7) is 6.94. The number of nitrogens with zero attached hydrogens (tertiary/aromatic N) is 3. The highest BCUT2D eigenvalue weighted by molar-refractivity contribution is 6.04. The van der Waals surface area contributed by atoms with Crippen molar-refractivity contribution in [2.24, 2.45) is 13.0 Å². The molecule has 0 aliphatic carbocycles. The molecule has 2 aromatic rings. The second kappa shape index (κ2) is 6.08.